The maximum Gasteiger partial charge on any atom is 0.367 e. The lowest BCUT2D eigenvalue weighted by Gasteiger charge is -2.29. The van der Waals surface area contributed by atoms with E-state index in [9.17, 15) is 19.5 Å². The molecule has 1 saturated heterocycles. The number of aromatic nitrogens is 1. The van der Waals surface area contributed by atoms with Gasteiger partial charge in [0.15, 0.2) is 0 Å². The summed E-state index contributed by atoms with van der Waals surface area (Å²) in [5, 5.41) is 19.0. The largest absolute Gasteiger partial charge is 0.461 e. The fourth-order valence-corrected chi connectivity index (χ4v) is 5.33. The number of hydrogen-bond donors (Lipinski definition) is 3. The van der Waals surface area contributed by atoms with Crippen molar-refractivity contribution in [2.45, 2.75) is 85.4 Å². The van der Waals surface area contributed by atoms with Crippen LogP contribution < -0.4 is 10.6 Å². The van der Waals surface area contributed by atoms with Crippen molar-refractivity contribution in [3.8, 4) is 0 Å². The Balaban J connectivity index is 0.00000103. The zero-order valence-electron chi connectivity index (χ0n) is 21.7. The van der Waals surface area contributed by atoms with Gasteiger partial charge in [-0.2, -0.15) is 0 Å². The number of rotatable bonds is 6. The second-order valence-electron chi connectivity index (χ2n) is 8.06. The predicted octanol–water partition coefficient (Wildman–Crippen LogP) is 3.13. The number of ether oxygens (including phenoxy) is 1. The molecule has 0 bridgehead atoms. The van der Waals surface area contributed by atoms with Gasteiger partial charge in [-0.1, -0.05) is 34.6 Å². The van der Waals surface area contributed by atoms with E-state index in [0.717, 1.165) is 17.8 Å². The summed E-state index contributed by atoms with van der Waals surface area (Å²) in [4.78, 5) is 46.8. The minimum atomic E-state index is -1.69. The van der Waals surface area contributed by atoms with Crippen LogP contribution in [0.25, 0.3) is 0 Å². The van der Waals surface area contributed by atoms with Crippen molar-refractivity contribution < 1.29 is 24.2 Å². The molecule has 4 heterocycles. The van der Waals surface area contributed by atoms with Gasteiger partial charge in [-0.3, -0.25) is 14.6 Å². The number of esters is 1. The summed E-state index contributed by atoms with van der Waals surface area (Å²) in [6, 6.07) is -0.274. The Labute approximate surface area is 211 Å². The first-order valence-electron chi connectivity index (χ1n) is 12.5. The summed E-state index contributed by atoms with van der Waals surface area (Å²) >= 11 is 1.06. The molecule has 0 radical (unpaired) electrons. The van der Waals surface area contributed by atoms with Crippen molar-refractivity contribution in [3.63, 3.8) is 0 Å². The molecule has 1 aromatic heterocycles. The summed E-state index contributed by atoms with van der Waals surface area (Å²) in [6.45, 7) is 13.8. The Bertz CT molecular complexity index is 1000. The van der Waals surface area contributed by atoms with Crippen molar-refractivity contribution in [3.05, 3.63) is 27.2 Å². The number of β-amino-alcohol motifs (C(OH)–C–C–N with tert-alkyl or cyclic N) is 1. The van der Waals surface area contributed by atoms with E-state index in [1.807, 2.05) is 41.5 Å². The van der Waals surface area contributed by atoms with E-state index in [0.29, 0.717) is 29.7 Å². The Morgan fingerprint density at radius 2 is 1.94 bits per heavy atom. The highest BCUT2D eigenvalue weighted by Gasteiger charge is 2.55. The first-order chi connectivity index (χ1) is 16.8. The average Bonchev–Trinajstić information content (AvgIpc) is 3.64. The van der Waals surface area contributed by atoms with Gasteiger partial charge in [0.2, 0.25) is 10.9 Å². The highest BCUT2D eigenvalue weighted by Crippen LogP contribution is 2.43. The summed E-state index contributed by atoms with van der Waals surface area (Å²) in [5.74, 6) is -2.22. The molecule has 35 heavy (non-hydrogen) atoms. The molecule has 1 aromatic rings. The van der Waals surface area contributed by atoms with E-state index in [2.05, 4.69) is 20.6 Å². The van der Waals surface area contributed by atoms with E-state index < -0.39 is 17.5 Å². The molecule has 3 N–H and O–H groups in total. The van der Waals surface area contributed by atoms with E-state index in [1.54, 1.807) is 12.3 Å². The van der Waals surface area contributed by atoms with Crippen LogP contribution in [0.5, 0.6) is 0 Å². The molecule has 1 fully saturated rings. The summed E-state index contributed by atoms with van der Waals surface area (Å²) < 4.78 is 4.99. The zero-order valence-corrected chi connectivity index (χ0v) is 22.5. The maximum absolute atomic E-state index is 13.0. The van der Waals surface area contributed by atoms with E-state index in [-0.39, 0.29) is 47.8 Å². The van der Waals surface area contributed by atoms with Crippen LogP contribution >= 0.6 is 11.3 Å². The molecule has 194 valence electrons. The molecule has 0 saturated carbocycles. The lowest BCUT2D eigenvalue weighted by molar-refractivity contribution is -0.124. The third-order valence-corrected chi connectivity index (χ3v) is 6.87. The van der Waals surface area contributed by atoms with Crippen molar-refractivity contribution in [2.24, 2.45) is 10.9 Å². The smallest absolute Gasteiger partial charge is 0.367 e. The van der Waals surface area contributed by atoms with Crippen LogP contribution in [0.15, 0.2) is 21.5 Å². The molecule has 2 amide bonds. The molecule has 3 aliphatic rings. The van der Waals surface area contributed by atoms with Crippen molar-refractivity contribution >= 4 is 34.8 Å². The molecular weight excluding hydrogens is 468 g/mol. The van der Waals surface area contributed by atoms with E-state index >= 15 is 0 Å². The van der Waals surface area contributed by atoms with Gasteiger partial charge >= 0.3 is 5.97 Å². The van der Waals surface area contributed by atoms with Gasteiger partial charge in [0.25, 0.3) is 5.91 Å². The minimum Gasteiger partial charge on any atom is -0.461 e. The molecule has 0 aliphatic carbocycles. The van der Waals surface area contributed by atoms with E-state index in [1.165, 1.54) is 0 Å². The van der Waals surface area contributed by atoms with Crippen LogP contribution in [0, 0.1) is 5.92 Å². The molecule has 0 spiro atoms. The summed E-state index contributed by atoms with van der Waals surface area (Å²) in [7, 11) is 0. The quantitative estimate of drug-likeness (QED) is 0.508. The Hall–Kier alpha value is -2.59. The molecule has 3 aliphatic heterocycles. The molecule has 9 nitrogen and oxygen atoms in total. The standard InChI is InChI=1S/C21H26N4O5S.2C2H6/c1-4-11-14(15(17(26)24-11)12-7-6-10(3)23-12)16-18(27)22-9-21(16,29)13-8-31-19(25-13)20(28)30-5-2;2*1-2/h8,10-11,16,29H,4-7,9H2,1-3H3,(H,22,27)(H,24,26);2*1-2H3. The second-order valence-corrected chi connectivity index (χ2v) is 8.92. The molecule has 4 unspecified atom stereocenters. The third kappa shape index (κ3) is 5.48. The molecule has 0 aromatic carbocycles. The fraction of sp³-hybridized carbons (Fsp3) is 0.640. The Kier molecular flexibility index (Phi) is 10.1. The first kappa shape index (κ1) is 28.6. The van der Waals surface area contributed by atoms with Crippen LogP contribution in [-0.2, 0) is 19.9 Å². The summed E-state index contributed by atoms with van der Waals surface area (Å²) in [5.41, 5.74) is 0.180. The topological polar surface area (TPSA) is 130 Å². The van der Waals surface area contributed by atoms with Gasteiger partial charge in [-0.25, -0.2) is 9.78 Å². The van der Waals surface area contributed by atoms with Gasteiger partial charge in [0.1, 0.15) is 5.60 Å². The van der Waals surface area contributed by atoms with Gasteiger partial charge in [0, 0.05) is 17.1 Å². The number of thiazole rings is 1. The SMILES string of the molecule is CC.CC.CCOC(=O)c1nc(C2(O)CNC(=O)C2C2=C(C3=NC(C)CC3)C(=O)NC2CC)cs1. The van der Waals surface area contributed by atoms with E-state index in [4.69, 9.17) is 4.74 Å². The highest BCUT2D eigenvalue weighted by atomic mass is 32.1. The fourth-order valence-electron chi connectivity index (χ4n) is 4.55. The second kappa shape index (κ2) is 12.4. The number of hydrogen-bond acceptors (Lipinski definition) is 8. The molecule has 10 heteroatoms. The van der Waals surface area contributed by atoms with Crippen LogP contribution in [0.1, 0.15) is 83.2 Å². The lowest BCUT2D eigenvalue weighted by Crippen LogP contribution is -2.41. The van der Waals surface area contributed by atoms with Gasteiger partial charge in [-0.05, 0) is 38.7 Å². The van der Waals surface area contributed by atoms with Gasteiger partial charge in [0.05, 0.1) is 36.4 Å². The van der Waals surface area contributed by atoms with Crippen LogP contribution in [0.2, 0.25) is 0 Å². The van der Waals surface area contributed by atoms with Gasteiger partial charge < -0.3 is 20.5 Å². The molecule has 4 rings (SSSR count). The van der Waals surface area contributed by atoms with Crippen molar-refractivity contribution in [1.29, 1.82) is 0 Å². The zero-order chi connectivity index (χ0) is 26.3. The number of aliphatic hydroxyl groups is 1. The van der Waals surface area contributed by atoms with Crippen LogP contribution in [-0.4, -0.2) is 58.8 Å². The third-order valence-electron chi connectivity index (χ3n) is 6.05. The lowest BCUT2D eigenvalue weighted by atomic mass is 9.77. The number of carbonyl (C=O) groups excluding carboxylic acids is 3. The highest BCUT2D eigenvalue weighted by molar-refractivity contribution is 7.11. The monoisotopic (exact) mass is 506 g/mol. The van der Waals surface area contributed by atoms with Crippen molar-refractivity contribution in [2.75, 3.05) is 13.2 Å². The number of aliphatic imine (C=N–C) groups is 1. The van der Waals surface area contributed by atoms with Crippen LogP contribution in [0.3, 0.4) is 0 Å². The maximum atomic E-state index is 13.0. The predicted molar refractivity (Wildman–Crippen MR) is 137 cm³/mol. The van der Waals surface area contributed by atoms with Crippen LogP contribution in [0.4, 0.5) is 0 Å². The van der Waals surface area contributed by atoms with Gasteiger partial charge in [-0.15, -0.1) is 11.3 Å². The number of nitrogens with one attached hydrogen (secondary N) is 2. The Morgan fingerprint density at radius 1 is 1.26 bits per heavy atom. The Morgan fingerprint density at radius 3 is 2.51 bits per heavy atom. The first-order valence-corrected chi connectivity index (χ1v) is 13.4. The van der Waals surface area contributed by atoms with Crippen molar-refractivity contribution in [1.82, 2.24) is 15.6 Å². The number of nitrogens with zero attached hydrogens (tertiary/aromatic N) is 2. The minimum absolute atomic E-state index is 0.0627. The average molecular weight is 507 g/mol. The summed E-state index contributed by atoms with van der Waals surface area (Å²) in [6.07, 6.45) is 2.06. The number of amides is 2. The normalized spacial score (nSPS) is 27.3. The number of carbonyl (C=O) groups is 3. The molecule has 4 atom stereocenters. The molecular formula is C25H38N4O5S.